The van der Waals surface area contributed by atoms with E-state index in [1.165, 1.54) is 54.4 Å². The molecular weight excluding hydrogens is 433 g/mol. The van der Waals surface area contributed by atoms with Gasteiger partial charge in [-0.25, -0.2) is 0 Å². The lowest BCUT2D eigenvalue weighted by molar-refractivity contribution is -0.105. The lowest BCUT2D eigenvalue weighted by atomic mass is 9.99. The lowest BCUT2D eigenvalue weighted by Gasteiger charge is -2.28. The predicted octanol–water partition coefficient (Wildman–Crippen LogP) is 7.53. The van der Waals surface area contributed by atoms with Gasteiger partial charge in [0, 0.05) is 27.2 Å². The molecule has 0 heterocycles. The first kappa shape index (κ1) is 24.4. The normalized spacial score (nSPS) is 18.4. The van der Waals surface area contributed by atoms with E-state index in [0.29, 0.717) is 0 Å². The number of nitrogens with zero attached hydrogens (tertiary/aromatic N) is 1. The SMILES string of the molecule is O=C/C1=C(\N=P(c2ccccc2)(c2ccccc2)c2ccccc2)CCCCCCCCCC1. The van der Waals surface area contributed by atoms with Crippen molar-refractivity contribution < 1.29 is 4.79 Å². The Kier molecular flexibility index (Phi) is 9.11. The smallest absolute Gasteiger partial charge is 0.147 e. The van der Waals surface area contributed by atoms with Crippen molar-refractivity contribution in [1.82, 2.24) is 0 Å². The maximum atomic E-state index is 12.4. The van der Waals surface area contributed by atoms with Gasteiger partial charge in [-0.2, -0.15) is 0 Å². The Bertz CT molecular complexity index is 1020. The molecule has 0 aliphatic heterocycles. The van der Waals surface area contributed by atoms with E-state index in [9.17, 15) is 4.79 Å². The summed E-state index contributed by atoms with van der Waals surface area (Å²) in [6, 6.07) is 32.2. The van der Waals surface area contributed by atoms with E-state index in [-0.39, 0.29) is 0 Å². The highest BCUT2D eigenvalue weighted by Crippen LogP contribution is 2.48. The third-order valence-corrected chi connectivity index (χ3v) is 10.5. The van der Waals surface area contributed by atoms with Crippen LogP contribution in [0.5, 0.6) is 0 Å². The van der Waals surface area contributed by atoms with Crippen LogP contribution in [0, 0.1) is 0 Å². The molecule has 0 spiro atoms. The molecule has 0 unspecified atom stereocenters. The molecule has 0 fully saturated rings. The average Bonchev–Trinajstić information content (AvgIpc) is 2.90. The van der Waals surface area contributed by atoms with Crippen LogP contribution in [-0.4, -0.2) is 6.29 Å². The summed E-state index contributed by atoms with van der Waals surface area (Å²) in [6.07, 6.45) is 12.6. The molecule has 0 bridgehead atoms. The highest BCUT2D eigenvalue weighted by Gasteiger charge is 2.28. The zero-order valence-electron chi connectivity index (χ0n) is 20.1. The second kappa shape index (κ2) is 12.7. The van der Waals surface area contributed by atoms with E-state index in [4.69, 9.17) is 4.74 Å². The van der Waals surface area contributed by atoms with Gasteiger partial charge in [-0.05, 0) is 25.7 Å². The van der Waals surface area contributed by atoms with Crippen LogP contribution < -0.4 is 15.9 Å². The van der Waals surface area contributed by atoms with Gasteiger partial charge in [0.25, 0.3) is 0 Å². The van der Waals surface area contributed by atoms with Crippen LogP contribution in [0.3, 0.4) is 0 Å². The minimum Gasteiger partial charge on any atom is -0.298 e. The zero-order chi connectivity index (χ0) is 23.5. The number of benzene rings is 3. The van der Waals surface area contributed by atoms with Crippen LogP contribution in [0.25, 0.3) is 0 Å². The minimum atomic E-state index is -2.34. The van der Waals surface area contributed by atoms with Crippen LogP contribution in [0.2, 0.25) is 0 Å². The average molecular weight is 470 g/mol. The van der Waals surface area contributed by atoms with Gasteiger partial charge in [0.1, 0.15) is 6.29 Å². The summed E-state index contributed by atoms with van der Waals surface area (Å²) >= 11 is 0. The number of hydrogen-bond donors (Lipinski definition) is 0. The van der Waals surface area contributed by atoms with E-state index >= 15 is 0 Å². The minimum absolute atomic E-state index is 0.834. The summed E-state index contributed by atoms with van der Waals surface area (Å²) < 4.78 is 5.72. The van der Waals surface area contributed by atoms with Gasteiger partial charge in [-0.3, -0.25) is 9.54 Å². The zero-order valence-corrected chi connectivity index (χ0v) is 21.0. The van der Waals surface area contributed by atoms with Gasteiger partial charge in [0.2, 0.25) is 0 Å². The second-order valence-corrected chi connectivity index (χ2v) is 12.2. The number of carbonyl (C=O) groups is 1. The van der Waals surface area contributed by atoms with Crippen LogP contribution in [-0.2, 0) is 4.79 Å². The van der Waals surface area contributed by atoms with E-state index in [0.717, 1.165) is 43.2 Å². The van der Waals surface area contributed by atoms with E-state index < -0.39 is 7.05 Å². The number of rotatable bonds is 5. The molecule has 3 aromatic rings. The Hall–Kier alpha value is -2.70. The molecule has 34 heavy (non-hydrogen) atoms. The molecule has 2 nitrogen and oxygen atoms in total. The topological polar surface area (TPSA) is 29.4 Å². The van der Waals surface area contributed by atoms with Gasteiger partial charge >= 0.3 is 0 Å². The standard InChI is InChI=1S/C31H36NOP/c33-26-27-18-10-5-3-1-2-4-6-17-25-31(27)32-34(28-19-11-7-12-20-28,29-21-13-8-14-22-29)30-23-15-9-16-24-30/h7-9,11-16,19-24,26H,1-6,10,17-18,25H2/b31-27-. The summed E-state index contributed by atoms with van der Waals surface area (Å²) in [4.78, 5) is 12.4. The molecule has 0 amide bonds. The number of carbonyl (C=O) groups excluding carboxylic acids is 1. The summed E-state index contributed by atoms with van der Waals surface area (Å²) in [5.41, 5.74) is 1.94. The van der Waals surface area contributed by atoms with Crippen molar-refractivity contribution in [3.05, 3.63) is 102 Å². The molecule has 3 heteroatoms. The van der Waals surface area contributed by atoms with Crippen molar-refractivity contribution in [2.75, 3.05) is 0 Å². The van der Waals surface area contributed by atoms with Crippen LogP contribution >= 0.6 is 7.05 Å². The van der Waals surface area contributed by atoms with Gasteiger partial charge < -0.3 is 0 Å². The largest absolute Gasteiger partial charge is 0.298 e. The lowest BCUT2D eigenvalue weighted by Crippen LogP contribution is -2.25. The van der Waals surface area contributed by atoms with E-state index in [1.54, 1.807) is 0 Å². The van der Waals surface area contributed by atoms with Crippen LogP contribution in [0.4, 0.5) is 0 Å². The van der Waals surface area contributed by atoms with E-state index in [1.807, 2.05) is 0 Å². The Labute approximate surface area is 205 Å². The molecule has 0 N–H and O–H groups in total. The van der Waals surface area contributed by atoms with Crippen molar-refractivity contribution in [1.29, 1.82) is 0 Å². The fourth-order valence-corrected chi connectivity index (χ4v) is 8.59. The molecule has 0 saturated heterocycles. The molecule has 0 saturated carbocycles. The summed E-state index contributed by atoms with van der Waals surface area (Å²) in [6.45, 7) is 0. The Balaban J connectivity index is 1.99. The maximum absolute atomic E-state index is 12.4. The highest BCUT2D eigenvalue weighted by molar-refractivity contribution is 7.87. The fourth-order valence-electron chi connectivity index (χ4n) is 4.95. The van der Waals surface area contributed by atoms with Crippen LogP contribution in [0.1, 0.15) is 64.2 Å². The molecule has 3 aromatic carbocycles. The number of allylic oxidation sites excluding steroid dienone is 2. The second-order valence-electron chi connectivity index (χ2n) is 9.16. The first-order valence-corrected chi connectivity index (χ1v) is 14.5. The molecule has 176 valence electrons. The summed E-state index contributed by atoms with van der Waals surface area (Å²) in [5.74, 6) is 0. The molecule has 4 rings (SSSR count). The number of aldehydes is 1. The first-order valence-electron chi connectivity index (χ1n) is 12.8. The van der Waals surface area contributed by atoms with Gasteiger partial charge in [-0.1, -0.05) is 130 Å². The third-order valence-electron chi connectivity index (χ3n) is 6.78. The van der Waals surface area contributed by atoms with E-state index in [2.05, 4.69) is 91.0 Å². The quantitative estimate of drug-likeness (QED) is 0.280. The monoisotopic (exact) mass is 469 g/mol. The van der Waals surface area contributed by atoms with Crippen molar-refractivity contribution >= 4 is 29.3 Å². The molecule has 1 aliphatic carbocycles. The van der Waals surface area contributed by atoms with Crippen LogP contribution in [0.15, 0.2) is 107 Å². The molecule has 1 aliphatic rings. The van der Waals surface area contributed by atoms with Gasteiger partial charge in [0.15, 0.2) is 0 Å². The van der Waals surface area contributed by atoms with Crippen molar-refractivity contribution in [3.63, 3.8) is 0 Å². The third kappa shape index (κ3) is 5.86. The Morgan fingerprint density at radius 3 is 1.32 bits per heavy atom. The maximum Gasteiger partial charge on any atom is 0.147 e. The predicted molar refractivity (Wildman–Crippen MR) is 147 cm³/mol. The first-order chi connectivity index (χ1) is 16.8. The van der Waals surface area contributed by atoms with Gasteiger partial charge in [-0.15, -0.1) is 0 Å². The highest BCUT2D eigenvalue weighted by atomic mass is 31.2. The summed E-state index contributed by atoms with van der Waals surface area (Å²) in [7, 11) is -2.34. The molecule has 0 atom stereocenters. The van der Waals surface area contributed by atoms with Crippen molar-refractivity contribution in [3.8, 4) is 0 Å². The van der Waals surface area contributed by atoms with Crippen molar-refractivity contribution in [2.45, 2.75) is 64.2 Å². The van der Waals surface area contributed by atoms with Crippen molar-refractivity contribution in [2.24, 2.45) is 4.74 Å². The Morgan fingerprint density at radius 2 is 0.912 bits per heavy atom. The van der Waals surface area contributed by atoms with Gasteiger partial charge in [0.05, 0.1) is 7.05 Å². The Morgan fingerprint density at radius 1 is 0.529 bits per heavy atom. The number of hydrogen-bond acceptors (Lipinski definition) is 2. The fraction of sp³-hybridized carbons (Fsp3) is 0.323. The summed E-state index contributed by atoms with van der Waals surface area (Å²) in [5, 5.41) is 3.70. The molecular formula is C31H36NOP. The molecule has 0 aromatic heterocycles. The molecule has 0 radical (unpaired) electrons.